The van der Waals surface area contributed by atoms with Gasteiger partial charge in [0.15, 0.2) is 0 Å². The van der Waals surface area contributed by atoms with Crippen LogP contribution in [-0.2, 0) is 4.74 Å². The van der Waals surface area contributed by atoms with E-state index in [1.54, 1.807) is 13.3 Å². The number of nitrogens with zero attached hydrogens (tertiary/aromatic N) is 1. The van der Waals surface area contributed by atoms with Crippen molar-refractivity contribution in [2.45, 2.75) is 13.3 Å². The van der Waals surface area contributed by atoms with Gasteiger partial charge in [-0.3, -0.25) is 4.98 Å². The van der Waals surface area contributed by atoms with Crippen molar-refractivity contribution in [3.05, 3.63) is 35.9 Å². The summed E-state index contributed by atoms with van der Waals surface area (Å²) in [5.74, 6) is -0.298. The van der Waals surface area contributed by atoms with Gasteiger partial charge in [0.25, 0.3) is 0 Å². The lowest BCUT2D eigenvalue weighted by Crippen LogP contribution is -2.19. The van der Waals surface area contributed by atoms with Gasteiger partial charge in [-0.2, -0.15) is 0 Å². The molecule has 0 bridgehead atoms. The highest BCUT2D eigenvalue weighted by Gasteiger charge is 1.97. The standard InChI is InChI=1S/C13H19FN2O/c1-11(4-3-5-15-6-7-17-2)12-8-13(14)10-16-9-12/h4,8-10,15H,3,5-7H2,1-2H3. The van der Waals surface area contributed by atoms with Crippen molar-refractivity contribution in [3.8, 4) is 0 Å². The maximum absolute atomic E-state index is 12.9. The SMILES string of the molecule is COCCNCCC=C(C)c1cncc(F)c1. The van der Waals surface area contributed by atoms with Gasteiger partial charge in [-0.05, 0) is 37.1 Å². The maximum atomic E-state index is 12.9. The monoisotopic (exact) mass is 238 g/mol. The molecule has 1 rings (SSSR count). The molecule has 1 aromatic rings. The van der Waals surface area contributed by atoms with Gasteiger partial charge in [-0.1, -0.05) is 6.08 Å². The molecule has 0 aliphatic heterocycles. The lowest BCUT2D eigenvalue weighted by molar-refractivity contribution is 0.199. The molecule has 0 radical (unpaired) electrons. The summed E-state index contributed by atoms with van der Waals surface area (Å²) in [5.41, 5.74) is 1.88. The third-order valence-electron chi connectivity index (χ3n) is 2.41. The lowest BCUT2D eigenvalue weighted by atomic mass is 10.1. The Morgan fingerprint density at radius 2 is 2.29 bits per heavy atom. The number of nitrogens with one attached hydrogen (secondary N) is 1. The Morgan fingerprint density at radius 1 is 1.47 bits per heavy atom. The molecule has 4 heteroatoms. The zero-order valence-electron chi connectivity index (χ0n) is 10.4. The Bertz CT molecular complexity index is 366. The predicted octanol–water partition coefficient (Wildman–Crippen LogP) is 2.25. The first-order valence-corrected chi connectivity index (χ1v) is 5.71. The first-order valence-electron chi connectivity index (χ1n) is 5.71. The van der Waals surface area contributed by atoms with Gasteiger partial charge < -0.3 is 10.1 Å². The van der Waals surface area contributed by atoms with Gasteiger partial charge in [0.2, 0.25) is 0 Å². The van der Waals surface area contributed by atoms with Gasteiger partial charge in [0, 0.05) is 19.9 Å². The van der Waals surface area contributed by atoms with Crippen LogP contribution in [0.3, 0.4) is 0 Å². The molecule has 1 N–H and O–H groups in total. The predicted molar refractivity (Wildman–Crippen MR) is 67.2 cm³/mol. The summed E-state index contributed by atoms with van der Waals surface area (Å²) in [4.78, 5) is 3.83. The Balaban J connectivity index is 2.34. The van der Waals surface area contributed by atoms with E-state index in [2.05, 4.69) is 16.4 Å². The van der Waals surface area contributed by atoms with E-state index in [4.69, 9.17) is 4.74 Å². The average molecular weight is 238 g/mol. The van der Waals surface area contributed by atoms with E-state index in [0.29, 0.717) is 0 Å². The number of aromatic nitrogens is 1. The summed E-state index contributed by atoms with van der Waals surface area (Å²) in [6.07, 6.45) is 5.87. The van der Waals surface area contributed by atoms with E-state index in [-0.39, 0.29) is 5.82 Å². The summed E-state index contributed by atoms with van der Waals surface area (Å²) in [6, 6.07) is 1.50. The second kappa shape index (κ2) is 7.92. The van der Waals surface area contributed by atoms with Gasteiger partial charge in [0.05, 0.1) is 12.8 Å². The van der Waals surface area contributed by atoms with Gasteiger partial charge in [-0.25, -0.2) is 4.39 Å². The largest absolute Gasteiger partial charge is 0.383 e. The normalized spacial score (nSPS) is 11.8. The fraction of sp³-hybridized carbons (Fsp3) is 0.462. The van der Waals surface area contributed by atoms with Crippen LogP contribution in [0.4, 0.5) is 4.39 Å². The minimum atomic E-state index is -0.298. The third kappa shape index (κ3) is 5.56. The molecule has 3 nitrogen and oxygen atoms in total. The minimum absolute atomic E-state index is 0.298. The quantitative estimate of drug-likeness (QED) is 0.740. The minimum Gasteiger partial charge on any atom is -0.383 e. The molecule has 0 atom stereocenters. The van der Waals surface area contributed by atoms with Gasteiger partial charge in [-0.15, -0.1) is 0 Å². The maximum Gasteiger partial charge on any atom is 0.142 e. The zero-order valence-corrected chi connectivity index (χ0v) is 10.4. The van der Waals surface area contributed by atoms with Crippen LogP contribution in [0.15, 0.2) is 24.5 Å². The summed E-state index contributed by atoms with van der Waals surface area (Å²) in [5, 5.41) is 3.25. The highest BCUT2D eigenvalue weighted by Crippen LogP contribution is 2.13. The number of halogens is 1. The van der Waals surface area contributed by atoms with Crippen LogP contribution in [0, 0.1) is 5.82 Å². The van der Waals surface area contributed by atoms with Crippen LogP contribution >= 0.6 is 0 Å². The van der Waals surface area contributed by atoms with Crippen LogP contribution in [-0.4, -0.2) is 31.8 Å². The summed E-state index contributed by atoms with van der Waals surface area (Å²) in [6.45, 7) is 4.43. The highest BCUT2D eigenvalue weighted by molar-refractivity contribution is 5.62. The van der Waals surface area contributed by atoms with Crippen LogP contribution in [0.1, 0.15) is 18.9 Å². The van der Waals surface area contributed by atoms with E-state index in [0.717, 1.165) is 37.3 Å². The van der Waals surface area contributed by atoms with E-state index < -0.39 is 0 Å². The molecule has 0 fully saturated rings. The third-order valence-corrected chi connectivity index (χ3v) is 2.41. The smallest absolute Gasteiger partial charge is 0.142 e. The summed E-state index contributed by atoms with van der Waals surface area (Å²) >= 11 is 0. The van der Waals surface area contributed by atoms with E-state index >= 15 is 0 Å². The number of allylic oxidation sites excluding steroid dienone is 1. The molecule has 94 valence electrons. The second-order valence-electron chi connectivity index (χ2n) is 3.81. The molecular weight excluding hydrogens is 219 g/mol. The van der Waals surface area contributed by atoms with E-state index in [1.807, 2.05) is 6.92 Å². The molecule has 0 spiro atoms. The molecule has 0 aromatic carbocycles. The Morgan fingerprint density at radius 3 is 3.00 bits per heavy atom. The highest BCUT2D eigenvalue weighted by atomic mass is 19.1. The van der Waals surface area contributed by atoms with Crippen molar-refractivity contribution in [1.82, 2.24) is 10.3 Å². The van der Waals surface area contributed by atoms with Crippen molar-refractivity contribution in [3.63, 3.8) is 0 Å². The molecule has 0 amide bonds. The molecule has 0 aliphatic rings. The van der Waals surface area contributed by atoms with Gasteiger partial charge >= 0.3 is 0 Å². The Labute approximate surface area is 102 Å². The van der Waals surface area contributed by atoms with Crippen LogP contribution in [0.25, 0.3) is 5.57 Å². The number of hydrogen-bond acceptors (Lipinski definition) is 3. The summed E-state index contributed by atoms with van der Waals surface area (Å²) in [7, 11) is 1.68. The lowest BCUT2D eigenvalue weighted by Gasteiger charge is -2.03. The number of pyridine rings is 1. The van der Waals surface area contributed by atoms with Crippen molar-refractivity contribution in [2.24, 2.45) is 0 Å². The van der Waals surface area contributed by atoms with Crippen molar-refractivity contribution in [1.29, 1.82) is 0 Å². The van der Waals surface area contributed by atoms with Crippen molar-refractivity contribution in [2.75, 3.05) is 26.8 Å². The molecule has 0 unspecified atom stereocenters. The molecule has 1 aromatic heterocycles. The van der Waals surface area contributed by atoms with Crippen LogP contribution < -0.4 is 5.32 Å². The Hall–Kier alpha value is -1.26. The van der Waals surface area contributed by atoms with Crippen molar-refractivity contribution < 1.29 is 9.13 Å². The van der Waals surface area contributed by atoms with Crippen LogP contribution in [0.5, 0.6) is 0 Å². The fourth-order valence-corrected chi connectivity index (χ4v) is 1.44. The van der Waals surface area contributed by atoms with Gasteiger partial charge in [0.1, 0.15) is 5.82 Å². The first kappa shape index (κ1) is 13.8. The molecule has 17 heavy (non-hydrogen) atoms. The summed E-state index contributed by atoms with van der Waals surface area (Å²) < 4.78 is 17.9. The second-order valence-corrected chi connectivity index (χ2v) is 3.81. The Kier molecular flexibility index (Phi) is 6.43. The average Bonchev–Trinajstić information content (AvgIpc) is 2.33. The van der Waals surface area contributed by atoms with Crippen LogP contribution in [0.2, 0.25) is 0 Å². The number of hydrogen-bond donors (Lipinski definition) is 1. The topological polar surface area (TPSA) is 34.1 Å². The molecule has 0 saturated carbocycles. The fourth-order valence-electron chi connectivity index (χ4n) is 1.44. The number of ether oxygens (including phenoxy) is 1. The molecule has 0 saturated heterocycles. The van der Waals surface area contributed by atoms with E-state index in [1.165, 1.54) is 12.3 Å². The molecule has 0 aliphatic carbocycles. The van der Waals surface area contributed by atoms with Crippen molar-refractivity contribution >= 4 is 5.57 Å². The first-order chi connectivity index (χ1) is 8.24. The number of methoxy groups -OCH3 is 1. The molecule has 1 heterocycles. The molecular formula is C13H19FN2O. The van der Waals surface area contributed by atoms with E-state index in [9.17, 15) is 4.39 Å². The zero-order chi connectivity index (χ0) is 12.5. The number of rotatable bonds is 7.